The Labute approximate surface area is 126 Å². The van der Waals surface area contributed by atoms with Crippen molar-refractivity contribution in [2.24, 2.45) is 0 Å². The van der Waals surface area contributed by atoms with Crippen LogP contribution in [0.2, 0.25) is 0 Å². The number of anilines is 1. The number of rotatable bonds is 2. The number of fused-ring (bicyclic) bond motifs is 1. The van der Waals surface area contributed by atoms with Gasteiger partial charge in [0.25, 0.3) is 0 Å². The zero-order valence-electron chi connectivity index (χ0n) is 12.0. The Hall–Kier alpha value is -3.15. The molecule has 4 aromatic heterocycles. The highest BCUT2D eigenvalue weighted by Gasteiger charge is 2.14. The number of nitrogens with one attached hydrogen (secondary N) is 1. The second-order valence-electron chi connectivity index (χ2n) is 5.13. The maximum Gasteiger partial charge on any atom is 0.198 e. The summed E-state index contributed by atoms with van der Waals surface area (Å²) in [7, 11) is 0. The molecule has 0 saturated carbocycles. The van der Waals surface area contributed by atoms with E-state index in [9.17, 15) is 0 Å². The predicted molar refractivity (Wildman–Crippen MR) is 85.2 cm³/mol. The van der Waals surface area contributed by atoms with Crippen LogP contribution < -0.4 is 5.73 Å². The van der Waals surface area contributed by atoms with Gasteiger partial charge in [-0.15, -0.1) is 0 Å². The Kier molecular flexibility index (Phi) is 2.69. The third kappa shape index (κ3) is 2.01. The van der Waals surface area contributed by atoms with E-state index in [4.69, 9.17) is 5.73 Å². The van der Waals surface area contributed by atoms with Crippen LogP contribution in [0.15, 0.2) is 48.8 Å². The molecule has 4 rings (SSSR count). The summed E-state index contributed by atoms with van der Waals surface area (Å²) in [4.78, 5) is 12.1. The maximum atomic E-state index is 5.87. The molecular weight excluding hydrogens is 276 g/mol. The highest BCUT2D eigenvalue weighted by atomic mass is 15.2. The summed E-state index contributed by atoms with van der Waals surface area (Å²) < 4.78 is 1.81. The molecule has 0 saturated heterocycles. The molecule has 108 valence electrons. The fourth-order valence-electron chi connectivity index (χ4n) is 2.54. The summed E-state index contributed by atoms with van der Waals surface area (Å²) in [5.41, 5.74) is 11.2. The zero-order chi connectivity index (χ0) is 15.1. The molecule has 0 spiro atoms. The van der Waals surface area contributed by atoms with Crippen LogP contribution in [0, 0.1) is 6.92 Å². The zero-order valence-corrected chi connectivity index (χ0v) is 12.0. The lowest BCUT2D eigenvalue weighted by molar-refractivity contribution is 0.961. The number of hydrogen-bond donors (Lipinski definition) is 2. The monoisotopic (exact) mass is 290 g/mol. The van der Waals surface area contributed by atoms with Crippen molar-refractivity contribution in [3.8, 4) is 22.6 Å². The van der Waals surface area contributed by atoms with Crippen molar-refractivity contribution < 1.29 is 0 Å². The Balaban J connectivity index is 1.91. The van der Waals surface area contributed by atoms with Gasteiger partial charge in [-0.25, -0.2) is 9.50 Å². The molecule has 0 fully saturated rings. The largest absolute Gasteiger partial charge is 0.369 e. The number of imidazole rings is 1. The van der Waals surface area contributed by atoms with Crippen molar-refractivity contribution in [3.05, 3.63) is 54.5 Å². The van der Waals surface area contributed by atoms with Crippen molar-refractivity contribution in [1.29, 1.82) is 0 Å². The molecule has 0 amide bonds. The number of H-pyrrole nitrogens is 1. The van der Waals surface area contributed by atoms with Crippen molar-refractivity contribution in [3.63, 3.8) is 0 Å². The molecule has 0 aliphatic carbocycles. The van der Waals surface area contributed by atoms with Gasteiger partial charge in [-0.2, -0.15) is 5.10 Å². The number of nitrogen functional groups attached to an aromatic ring is 1. The first-order chi connectivity index (χ1) is 10.7. The van der Waals surface area contributed by atoms with Gasteiger partial charge in [-0.3, -0.25) is 4.98 Å². The van der Waals surface area contributed by atoms with Crippen LogP contribution in [0.5, 0.6) is 0 Å². The molecule has 6 nitrogen and oxygen atoms in total. The molecule has 0 aliphatic heterocycles. The molecule has 22 heavy (non-hydrogen) atoms. The van der Waals surface area contributed by atoms with Crippen LogP contribution >= 0.6 is 0 Å². The molecular formula is C16H14N6. The lowest BCUT2D eigenvalue weighted by Crippen LogP contribution is -1.91. The van der Waals surface area contributed by atoms with Crippen LogP contribution in [0.3, 0.4) is 0 Å². The Morgan fingerprint density at radius 1 is 1.14 bits per heavy atom. The third-order valence-electron chi connectivity index (χ3n) is 3.54. The fourth-order valence-corrected chi connectivity index (χ4v) is 2.54. The van der Waals surface area contributed by atoms with E-state index in [0.29, 0.717) is 5.95 Å². The molecule has 4 heterocycles. The van der Waals surface area contributed by atoms with E-state index in [1.54, 1.807) is 6.20 Å². The van der Waals surface area contributed by atoms with Crippen molar-refractivity contribution in [1.82, 2.24) is 24.6 Å². The molecule has 0 radical (unpaired) electrons. The Morgan fingerprint density at radius 3 is 2.91 bits per heavy atom. The number of hydrogen-bond acceptors (Lipinski definition) is 4. The molecule has 0 bridgehead atoms. The quantitative estimate of drug-likeness (QED) is 0.594. The second kappa shape index (κ2) is 4.70. The minimum Gasteiger partial charge on any atom is -0.369 e. The summed E-state index contributed by atoms with van der Waals surface area (Å²) in [6.07, 6.45) is 3.67. The van der Waals surface area contributed by atoms with Crippen LogP contribution in [-0.2, 0) is 0 Å². The van der Waals surface area contributed by atoms with Gasteiger partial charge in [0.1, 0.15) is 5.69 Å². The summed E-state index contributed by atoms with van der Waals surface area (Å²) in [6.45, 7) is 1.96. The minimum atomic E-state index is 0.377. The maximum absolute atomic E-state index is 5.87. The molecule has 4 aromatic rings. The molecule has 0 aliphatic rings. The van der Waals surface area contributed by atoms with Crippen molar-refractivity contribution >= 4 is 11.5 Å². The number of aromatic amines is 1. The molecule has 0 aromatic carbocycles. The van der Waals surface area contributed by atoms with E-state index >= 15 is 0 Å². The number of pyridine rings is 2. The SMILES string of the molecule is Cc1cccc(-c2[nH]c(N)nc2-c2ccn3nccc3c2)n1. The van der Waals surface area contributed by atoms with Gasteiger partial charge in [-0.05, 0) is 37.3 Å². The van der Waals surface area contributed by atoms with Gasteiger partial charge in [-0.1, -0.05) is 6.07 Å². The Morgan fingerprint density at radius 2 is 2.05 bits per heavy atom. The lowest BCUT2D eigenvalue weighted by atomic mass is 10.1. The smallest absolute Gasteiger partial charge is 0.198 e. The van der Waals surface area contributed by atoms with Gasteiger partial charge in [0.2, 0.25) is 0 Å². The number of aromatic nitrogens is 5. The van der Waals surface area contributed by atoms with E-state index in [2.05, 4.69) is 20.1 Å². The summed E-state index contributed by atoms with van der Waals surface area (Å²) in [5.74, 6) is 0.377. The van der Waals surface area contributed by atoms with E-state index in [0.717, 1.165) is 33.9 Å². The molecule has 0 unspecified atom stereocenters. The summed E-state index contributed by atoms with van der Waals surface area (Å²) in [5, 5.41) is 4.20. The van der Waals surface area contributed by atoms with Crippen LogP contribution in [0.4, 0.5) is 5.95 Å². The average Bonchev–Trinajstić information content (AvgIpc) is 3.12. The molecule has 0 atom stereocenters. The number of aryl methyl sites for hydroxylation is 1. The summed E-state index contributed by atoms with van der Waals surface area (Å²) >= 11 is 0. The second-order valence-corrected chi connectivity index (χ2v) is 5.13. The fraction of sp³-hybridized carbons (Fsp3) is 0.0625. The van der Waals surface area contributed by atoms with E-state index in [-0.39, 0.29) is 0 Å². The minimum absolute atomic E-state index is 0.377. The number of nitrogens with zero attached hydrogens (tertiary/aromatic N) is 4. The van der Waals surface area contributed by atoms with Crippen LogP contribution in [0.1, 0.15) is 5.69 Å². The van der Waals surface area contributed by atoms with Crippen molar-refractivity contribution in [2.45, 2.75) is 6.92 Å². The lowest BCUT2D eigenvalue weighted by Gasteiger charge is -2.04. The highest BCUT2D eigenvalue weighted by molar-refractivity contribution is 5.79. The van der Waals surface area contributed by atoms with Gasteiger partial charge < -0.3 is 10.7 Å². The van der Waals surface area contributed by atoms with E-state index in [1.807, 2.05) is 54.0 Å². The van der Waals surface area contributed by atoms with E-state index < -0.39 is 0 Å². The first-order valence-electron chi connectivity index (χ1n) is 6.94. The third-order valence-corrected chi connectivity index (χ3v) is 3.54. The van der Waals surface area contributed by atoms with Gasteiger partial charge in [0.15, 0.2) is 5.95 Å². The summed E-state index contributed by atoms with van der Waals surface area (Å²) in [6, 6.07) is 11.8. The molecule has 3 N–H and O–H groups in total. The standard InChI is InChI=1S/C16H14N6/c1-10-3-2-4-13(19-10)15-14(20-16(17)21-15)11-6-8-22-12(9-11)5-7-18-22/h2-9H,1H3,(H3,17,20,21). The van der Waals surface area contributed by atoms with Gasteiger partial charge in [0.05, 0.1) is 16.9 Å². The normalized spacial score (nSPS) is 11.1. The van der Waals surface area contributed by atoms with E-state index in [1.165, 1.54) is 0 Å². The molecule has 6 heteroatoms. The van der Waals surface area contributed by atoms with Gasteiger partial charge in [0, 0.05) is 23.7 Å². The van der Waals surface area contributed by atoms with Crippen molar-refractivity contribution in [2.75, 3.05) is 5.73 Å². The van der Waals surface area contributed by atoms with Crippen LogP contribution in [0.25, 0.3) is 28.2 Å². The van der Waals surface area contributed by atoms with Crippen LogP contribution in [-0.4, -0.2) is 24.6 Å². The Bertz CT molecular complexity index is 966. The average molecular weight is 290 g/mol. The first-order valence-corrected chi connectivity index (χ1v) is 6.94. The first kappa shape index (κ1) is 12.6. The predicted octanol–water partition coefficient (Wildman–Crippen LogP) is 2.68. The number of nitrogens with two attached hydrogens (primary N) is 1. The van der Waals surface area contributed by atoms with Gasteiger partial charge >= 0.3 is 0 Å². The highest BCUT2D eigenvalue weighted by Crippen LogP contribution is 2.30. The topological polar surface area (TPSA) is 84.9 Å².